The maximum absolute atomic E-state index is 13.7. The summed E-state index contributed by atoms with van der Waals surface area (Å²) in [6.07, 6.45) is 3.57. The van der Waals surface area contributed by atoms with Crippen molar-refractivity contribution in [3.63, 3.8) is 0 Å². The van der Waals surface area contributed by atoms with Crippen molar-refractivity contribution in [1.82, 2.24) is 29.6 Å². The van der Waals surface area contributed by atoms with Crippen molar-refractivity contribution < 1.29 is 37.5 Å². The van der Waals surface area contributed by atoms with Crippen molar-refractivity contribution in [1.29, 1.82) is 0 Å². The zero-order valence-corrected chi connectivity index (χ0v) is 37.5. The number of aliphatic hydroxyl groups excluding tert-OH is 1. The second kappa shape index (κ2) is 19.9. The summed E-state index contributed by atoms with van der Waals surface area (Å²) in [6.45, 7) is 8.60. The van der Waals surface area contributed by atoms with Crippen LogP contribution < -0.4 is 15.5 Å². The first-order valence-electron chi connectivity index (χ1n) is 23.9. The van der Waals surface area contributed by atoms with E-state index in [-0.39, 0.29) is 53.7 Å². The Morgan fingerprint density at radius 1 is 0.773 bits per heavy atom. The number of carbonyl (C=O) groups excluding carboxylic acids is 4. The molecule has 4 saturated heterocycles. The van der Waals surface area contributed by atoms with E-state index in [2.05, 4.69) is 43.5 Å². The smallest absolute Gasteiger partial charge is 0.396 e. The lowest BCUT2D eigenvalue weighted by Gasteiger charge is -2.40. The van der Waals surface area contributed by atoms with E-state index in [4.69, 9.17) is 4.98 Å². The van der Waals surface area contributed by atoms with Crippen LogP contribution in [-0.4, -0.2) is 118 Å². The van der Waals surface area contributed by atoms with E-state index in [0.29, 0.717) is 49.9 Å². The molecule has 4 aromatic rings. The second-order valence-corrected chi connectivity index (χ2v) is 19.2. The number of piperidine rings is 3. The number of imide groups is 1. The van der Waals surface area contributed by atoms with E-state index < -0.39 is 17.6 Å². The highest BCUT2D eigenvalue weighted by molar-refractivity contribution is 6.04. The number of alkyl halides is 3. The van der Waals surface area contributed by atoms with Crippen LogP contribution in [0.2, 0.25) is 0 Å². The number of nitrogens with zero attached hydrogens (tertiary/aromatic N) is 6. The fourth-order valence-electron chi connectivity index (χ4n) is 11.0. The predicted octanol–water partition coefficient (Wildman–Crippen LogP) is 6.82. The molecule has 5 aliphatic rings. The molecule has 0 bridgehead atoms. The Kier molecular flexibility index (Phi) is 13.8. The molecule has 1 atom stereocenters. The van der Waals surface area contributed by atoms with E-state index in [1.165, 1.54) is 17.8 Å². The van der Waals surface area contributed by atoms with Gasteiger partial charge in [-0.2, -0.15) is 13.2 Å². The van der Waals surface area contributed by atoms with E-state index >= 15 is 0 Å². The van der Waals surface area contributed by atoms with Gasteiger partial charge in [-0.1, -0.05) is 24.3 Å². The highest BCUT2D eigenvalue weighted by atomic mass is 19.4. The fraction of sp³-hybridized carbons (Fsp3) is 0.540. The lowest BCUT2D eigenvalue weighted by atomic mass is 9.86. The van der Waals surface area contributed by atoms with Crippen LogP contribution in [0.3, 0.4) is 0 Å². The van der Waals surface area contributed by atoms with Gasteiger partial charge in [0.2, 0.25) is 23.7 Å². The second-order valence-electron chi connectivity index (χ2n) is 19.2. The zero-order valence-electron chi connectivity index (χ0n) is 37.5. The van der Waals surface area contributed by atoms with Crippen LogP contribution in [0.25, 0.3) is 11.0 Å². The maximum atomic E-state index is 13.7. The number of hydrogen-bond donors (Lipinski definition) is 3. The minimum Gasteiger partial charge on any atom is -0.396 e. The number of hydrogen-bond acceptors (Lipinski definition) is 9. The van der Waals surface area contributed by atoms with Crippen LogP contribution in [-0.2, 0) is 27.1 Å². The number of halogens is 3. The molecule has 1 saturated carbocycles. The number of amides is 4. The summed E-state index contributed by atoms with van der Waals surface area (Å²) in [4.78, 5) is 65.2. The van der Waals surface area contributed by atoms with Crippen LogP contribution in [0.4, 0.5) is 24.8 Å². The number of fused-ring (bicyclic) bond motifs is 1. The molecule has 1 aromatic heterocycles. The molecular formula is C50H61F3N8O5. The lowest BCUT2D eigenvalue weighted by Crippen LogP contribution is -2.51. The van der Waals surface area contributed by atoms with Crippen molar-refractivity contribution in [3.05, 3.63) is 89.0 Å². The van der Waals surface area contributed by atoms with Crippen molar-refractivity contribution >= 4 is 46.3 Å². The molecule has 0 radical (unpaired) electrons. The Morgan fingerprint density at radius 2 is 1.50 bits per heavy atom. The first-order valence-corrected chi connectivity index (χ1v) is 23.9. The average Bonchev–Trinajstić information content (AvgIpc) is 3.68. The normalized spacial score (nSPS) is 23.3. The standard InChI is InChI=1S/C50H61F3N8O5/c51-50(52,53)39-3-1-2-38(29-39)46(64)56-49-54-43-28-35(6-14-44(43)61(49)41-9-4-34(32-62)5-10-41)31-58-24-26-60(27-25-58)48(66)37-18-20-57(21-19-37)30-33-16-22-59(23-17-33)40-11-7-36(8-12-40)42-13-15-45(63)55-47(42)65/h1-3,6-8,11-12,14,28-29,33-34,37,41-42,62H,4-5,9-10,13,15-27,30-32H2,(H,54,56,64)(H,55,63,65)/t34-,41+,42-/m0/s1. The molecule has 13 nitrogen and oxygen atoms in total. The van der Waals surface area contributed by atoms with Gasteiger partial charge in [0, 0.05) is 88.6 Å². The van der Waals surface area contributed by atoms with E-state index in [9.17, 15) is 37.5 Å². The summed E-state index contributed by atoms with van der Waals surface area (Å²) in [6, 6.07) is 18.8. The highest BCUT2D eigenvalue weighted by Gasteiger charge is 2.34. The van der Waals surface area contributed by atoms with Gasteiger partial charge in [-0.05, 0) is 136 Å². The van der Waals surface area contributed by atoms with Crippen molar-refractivity contribution in [3.8, 4) is 0 Å². The van der Waals surface area contributed by atoms with Gasteiger partial charge in [0.05, 0.1) is 22.5 Å². The van der Waals surface area contributed by atoms with Crippen LogP contribution in [0.5, 0.6) is 0 Å². The number of piperazine rings is 1. The molecule has 5 fully saturated rings. The monoisotopic (exact) mass is 910 g/mol. The maximum Gasteiger partial charge on any atom is 0.416 e. The topological polar surface area (TPSA) is 143 Å². The van der Waals surface area contributed by atoms with Gasteiger partial charge < -0.3 is 24.4 Å². The highest BCUT2D eigenvalue weighted by Crippen LogP contribution is 2.38. The fourth-order valence-corrected chi connectivity index (χ4v) is 11.0. The summed E-state index contributed by atoms with van der Waals surface area (Å²) in [5.74, 6) is 0.129. The van der Waals surface area contributed by atoms with E-state index in [1.807, 2.05) is 33.7 Å². The molecule has 1 aliphatic carbocycles. The minimum absolute atomic E-state index is 0.00909. The largest absolute Gasteiger partial charge is 0.416 e. The Labute approximate surface area is 383 Å². The summed E-state index contributed by atoms with van der Waals surface area (Å²) in [7, 11) is 0. The number of likely N-dealkylation sites (tertiary alicyclic amines) is 1. The summed E-state index contributed by atoms with van der Waals surface area (Å²) in [5.41, 5.74) is 3.71. The van der Waals surface area contributed by atoms with Gasteiger partial charge in [0.15, 0.2) is 0 Å². The SMILES string of the molecule is O=C1CC[C@@H](c2ccc(N3CCC(CN4CCC(C(=O)N5CCN(Cc6ccc7c(c6)nc(NC(=O)c6cccc(C(F)(F)F)c6)n7[C@H]6CC[C@@H](CO)CC6)CC5)CC4)CC3)cc2)C(=O)N1. The first-order chi connectivity index (χ1) is 31.9. The molecule has 352 valence electrons. The quantitative estimate of drug-likeness (QED) is 0.138. The van der Waals surface area contributed by atoms with Crippen LogP contribution in [0.15, 0.2) is 66.7 Å². The van der Waals surface area contributed by atoms with Crippen molar-refractivity contribution in [2.45, 2.75) is 88.9 Å². The number of nitrogens with one attached hydrogen (secondary N) is 2. The molecule has 0 spiro atoms. The Bertz CT molecular complexity index is 2370. The summed E-state index contributed by atoms with van der Waals surface area (Å²) >= 11 is 0. The summed E-state index contributed by atoms with van der Waals surface area (Å²) < 4.78 is 42.4. The molecule has 16 heteroatoms. The van der Waals surface area contributed by atoms with Crippen LogP contribution >= 0.6 is 0 Å². The van der Waals surface area contributed by atoms with Crippen molar-refractivity contribution in [2.75, 3.05) is 75.7 Å². The van der Waals surface area contributed by atoms with Crippen LogP contribution in [0, 0.1) is 17.8 Å². The third kappa shape index (κ3) is 10.5. The predicted molar refractivity (Wildman–Crippen MR) is 245 cm³/mol. The third-order valence-electron chi connectivity index (χ3n) is 14.9. The third-order valence-corrected chi connectivity index (χ3v) is 14.9. The number of anilines is 2. The molecule has 66 heavy (non-hydrogen) atoms. The molecule has 4 aliphatic heterocycles. The van der Waals surface area contributed by atoms with Gasteiger partial charge >= 0.3 is 6.18 Å². The Morgan fingerprint density at radius 3 is 2.18 bits per heavy atom. The number of benzene rings is 3. The summed E-state index contributed by atoms with van der Waals surface area (Å²) in [5, 5.41) is 15.0. The number of aliphatic hydroxyl groups is 1. The van der Waals surface area contributed by atoms with Gasteiger partial charge in [-0.3, -0.25) is 34.7 Å². The van der Waals surface area contributed by atoms with Crippen molar-refractivity contribution in [2.24, 2.45) is 17.8 Å². The Hall–Kier alpha value is -5.32. The number of aromatic nitrogens is 2. The van der Waals surface area contributed by atoms with Gasteiger partial charge in [-0.25, -0.2) is 4.98 Å². The van der Waals surface area contributed by atoms with Crippen LogP contribution in [0.1, 0.15) is 103 Å². The molecule has 3 N–H and O–H groups in total. The Balaban J connectivity index is 0.740. The van der Waals surface area contributed by atoms with Gasteiger partial charge in [-0.15, -0.1) is 0 Å². The molecule has 4 amide bonds. The minimum atomic E-state index is -4.57. The lowest BCUT2D eigenvalue weighted by molar-refractivity contribution is -0.139. The zero-order chi connectivity index (χ0) is 46.0. The molecular weight excluding hydrogens is 850 g/mol. The number of carbonyl (C=O) groups is 4. The van der Waals surface area contributed by atoms with E-state index in [0.717, 1.165) is 126 Å². The van der Waals surface area contributed by atoms with E-state index in [1.54, 1.807) is 0 Å². The molecule has 5 heterocycles. The van der Waals surface area contributed by atoms with Gasteiger partial charge in [0.25, 0.3) is 5.91 Å². The van der Waals surface area contributed by atoms with Gasteiger partial charge in [0.1, 0.15) is 0 Å². The average molecular weight is 911 g/mol. The molecule has 9 rings (SSSR count). The first kappa shape index (κ1) is 45.8. The number of imidazole rings is 1. The number of rotatable bonds is 11. The molecule has 0 unspecified atom stereocenters. The molecule has 3 aromatic carbocycles.